The van der Waals surface area contributed by atoms with Gasteiger partial charge in [0.05, 0.1) is 21.8 Å². The Hall–Kier alpha value is -2.80. The Morgan fingerprint density at radius 3 is 2.77 bits per heavy atom. The summed E-state index contributed by atoms with van der Waals surface area (Å²) in [6, 6.07) is 6.78. The van der Waals surface area contributed by atoms with Gasteiger partial charge in [0.15, 0.2) is 5.82 Å². The second kappa shape index (κ2) is 8.75. The standard InChI is InChI=1S/C18H13Br2ClN8O2/c19-9-4-8(6-22)13(10(5-9)17-26-27-18(23)31-17)25-16(30)11-7-29(28-14(11)20)15-12(21)2-1-3-24-15/h1-5,7H,6,22H2,(H2,23,27)(H,25,30). The quantitative estimate of drug-likeness (QED) is 0.329. The molecule has 10 nitrogen and oxygen atoms in total. The topological polar surface area (TPSA) is 151 Å². The third kappa shape index (κ3) is 4.32. The molecule has 3 heterocycles. The van der Waals surface area contributed by atoms with E-state index in [1.165, 1.54) is 10.9 Å². The Labute approximate surface area is 197 Å². The van der Waals surface area contributed by atoms with E-state index in [2.05, 4.69) is 57.5 Å². The molecule has 31 heavy (non-hydrogen) atoms. The summed E-state index contributed by atoms with van der Waals surface area (Å²) in [5, 5.41) is 15.1. The highest BCUT2D eigenvalue weighted by molar-refractivity contribution is 9.10. The summed E-state index contributed by atoms with van der Waals surface area (Å²) in [6.45, 7) is 0.148. The summed E-state index contributed by atoms with van der Waals surface area (Å²) in [5.74, 6) is 0.0759. The molecule has 1 amide bonds. The second-order valence-electron chi connectivity index (χ2n) is 6.18. The van der Waals surface area contributed by atoms with E-state index in [1.807, 2.05) is 0 Å². The molecule has 0 bridgehead atoms. The SMILES string of the molecule is NCc1cc(Br)cc(-c2nnc(N)o2)c1NC(=O)c1cn(-c2ncccc2Cl)nc1Br. The van der Waals surface area contributed by atoms with Crippen molar-refractivity contribution in [1.29, 1.82) is 0 Å². The average molecular weight is 569 g/mol. The number of nitrogens with two attached hydrogens (primary N) is 2. The number of amides is 1. The largest absolute Gasteiger partial charge is 0.403 e. The van der Waals surface area contributed by atoms with Crippen molar-refractivity contribution in [1.82, 2.24) is 25.0 Å². The Kier molecular flexibility index (Phi) is 6.05. The van der Waals surface area contributed by atoms with Crippen LogP contribution in [0.25, 0.3) is 17.3 Å². The second-order valence-corrected chi connectivity index (χ2v) is 8.25. The van der Waals surface area contributed by atoms with Gasteiger partial charge in [0.25, 0.3) is 11.8 Å². The van der Waals surface area contributed by atoms with Crippen molar-refractivity contribution in [2.75, 3.05) is 11.1 Å². The maximum atomic E-state index is 13.1. The van der Waals surface area contributed by atoms with Gasteiger partial charge in [0, 0.05) is 23.4 Å². The molecule has 0 aliphatic rings. The van der Waals surface area contributed by atoms with E-state index < -0.39 is 5.91 Å². The smallest absolute Gasteiger partial charge is 0.313 e. The molecule has 158 valence electrons. The number of halogens is 3. The van der Waals surface area contributed by atoms with E-state index >= 15 is 0 Å². The first-order valence-electron chi connectivity index (χ1n) is 8.66. The predicted molar refractivity (Wildman–Crippen MR) is 122 cm³/mol. The van der Waals surface area contributed by atoms with Gasteiger partial charge in [0.2, 0.25) is 0 Å². The fourth-order valence-electron chi connectivity index (χ4n) is 2.82. The number of rotatable bonds is 5. The molecule has 4 rings (SSSR count). The molecule has 0 unspecified atom stereocenters. The minimum Gasteiger partial charge on any atom is -0.403 e. The lowest BCUT2D eigenvalue weighted by atomic mass is 10.1. The third-order valence-corrected chi connectivity index (χ3v) is 5.52. The van der Waals surface area contributed by atoms with Crippen molar-refractivity contribution in [2.24, 2.45) is 5.73 Å². The number of carbonyl (C=O) groups is 1. The Bertz CT molecular complexity index is 1290. The number of benzene rings is 1. The van der Waals surface area contributed by atoms with E-state index in [-0.39, 0.29) is 24.0 Å². The van der Waals surface area contributed by atoms with Gasteiger partial charge in [-0.1, -0.05) is 32.6 Å². The number of hydrogen-bond donors (Lipinski definition) is 3. The first-order chi connectivity index (χ1) is 14.9. The Morgan fingerprint density at radius 1 is 1.29 bits per heavy atom. The number of anilines is 2. The Balaban J connectivity index is 1.74. The molecular weight excluding hydrogens is 556 g/mol. The average Bonchev–Trinajstić information content (AvgIpc) is 3.34. The van der Waals surface area contributed by atoms with Crippen LogP contribution < -0.4 is 16.8 Å². The molecule has 0 spiro atoms. The van der Waals surface area contributed by atoms with Gasteiger partial charge in [-0.2, -0.15) is 5.10 Å². The molecule has 4 aromatic rings. The van der Waals surface area contributed by atoms with Gasteiger partial charge in [-0.05, 0) is 45.8 Å². The van der Waals surface area contributed by atoms with Crippen LogP contribution in [0.2, 0.25) is 5.02 Å². The highest BCUT2D eigenvalue weighted by Crippen LogP contribution is 2.35. The van der Waals surface area contributed by atoms with Crippen LogP contribution in [-0.2, 0) is 6.54 Å². The van der Waals surface area contributed by atoms with E-state index in [4.69, 9.17) is 27.5 Å². The van der Waals surface area contributed by atoms with E-state index in [0.717, 1.165) is 4.47 Å². The van der Waals surface area contributed by atoms with Crippen molar-refractivity contribution in [3.8, 4) is 17.3 Å². The molecule has 0 aliphatic heterocycles. The summed E-state index contributed by atoms with van der Waals surface area (Å²) in [4.78, 5) is 17.3. The highest BCUT2D eigenvalue weighted by Gasteiger charge is 2.22. The third-order valence-electron chi connectivity index (χ3n) is 4.18. The van der Waals surface area contributed by atoms with Gasteiger partial charge in [-0.3, -0.25) is 4.79 Å². The Morgan fingerprint density at radius 2 is 2.10 bits per heavy atom. The van der Waals surface area contributed by atoms with Crippen LogP contribution in [0.1, 0.15) is 15.9 Å². The molecule has 1 aromatic carbocycles. The van der Waals surface area contributed by atoms with Crippen molar-refractivity contribution < 1.29 is 9.21 Å². The summed E-state index contributed by atoms with van der Waals surface area (Å²) in [7, 11) is 0. The molecule has 0 radical (unpaired) electrons. The van der Waals surface area contributed by atoms with Crippen molar-refractivity contribution in [2.45, 2.75) is 6.54 Å². The lowest BCUT2D eigenvalue weighted by molar-refractivity contribution is 0.102. The van der Waals surface area contributed by atoms with Crippen LogP contribution in [0.5, 0.6) is 0 Å². The zero-order valence-corrected chi connectivity index (χ0v) is 19.4. The highest BCUT2D eigenvalue weighted by atomic mass is 79.9. The van der Waals surface area contributed by atoms with Gasteiger partial charge < -0.3 is 21.2 Å². The summed E-state index contributed by atoms with van der Waals surface area (Å²) in [6.07, 6.45) is 3.09. The molecular formula is C18H13Br2ClN8O2. The maximum Gasteiger partial charge on any atom is 0.313 e. The molecule has 13 heteroatoms. The van der Waals surface area contributed by atoms with Crippen molar-refractivity contribution in [3.05, 3.63) is 61.9 Å². The van der Waals surface area contributed by atoms with Gasteiger partial charge in [0.1, 0.15) is 4.60 Å². The van der Waals surface area contributed by atoms with Crippen molar-refractivity contribution in [3.63, 3.8) is 0 Å². The van der Waals surface area contributed by atoms with Crippen LogP contribution in [0, 0.1) is 0 Å². The number of nitrogens with zero attached hydrogens (tertiary/aromatic N) is 5. The van der Waals surface area contributed by atoms with Gasteiger partial charge >= 0.3 is 6.01 Å². The van der Waals surface area contributed by atoms with Gasteiger partial charge in [-0.25, -0.2) is 9.67 Å². The first-order valence-corrected chi connectivity index (χ1v) is 10.6. The predicted octanol–water partition coefficient (Wildman–Crippen LogP) is 3.79. The monoisotopic (exact) mass is 566 g/mol. The van der Waals surface area contributed by atoms with Crippen LogP contribution in [0.15, 0.2) is 50.2 Å². The van der Waals surface area contributed by atoms with E-state index in [0.29, 0.717) is 32.3 Å². The normalized spacial score (nSPS) is 11.0. The number of nitrogens with one attached hydrogen (secondary N) is 1. The lowest BCUT2D eigenvalue weighted by Crippen LogP contribution is -2.15. The number of nitrogen functional groups attached to an aromatic ring is 1. The molecule has 0 fully saturated rings. The summed E-state index contributed by atoms with van der Waals surface area (Å²) >= 11 is 12.9. The minimum atomic E-state index is -0.448. The number of pyridine rings is 1. The van der Waals surface area contributed by atoms with Gasteiger partial charge in [-0.15, -0.1) is 5.10 Å². The number of aromatic nitrogens is 5. The van der Waals surface area contributed by atoms with Crippen LogP contribution in [0.4, 0.5) is 11.7 Å². The molecule has 0 saturated carbocycles. The van der Waals surface area contributed by atoms with E-state index in [1.54, 1.807) is 30.5 Å². The summed E-state index contributed by atoms with van der Waals surface area (Å²) in [5.41, 5.74) is 13.2. The lowest BCUT2D eigenvalue weighted by Gasteiger charge is -2.14. The zero-order valence-electron chi connectivity index (χ0n) is 15.5. The molecule has 0 saturated heterocycles. The number of carbonyl (C=O) groups excluding carboxylic acids is 1. The fraction of sp³-hybridized carbons (Fsp3) is 0.0556. The summed E-state index contributed by atoms with van der Waals surface area (Å²) < 4.78 is 7.78. The first kappa shape index (κ1) is 21.4. The molecule has 3 aromatic heterocycles. The molecule has 0 atom stereocenters. The molecule has 0 aliphatic carbocycles. The minimum absolute atomic E-state index is 0.0992. The fourth-order valence-corrected chi connectivity index (χ4v) is 3.99. The van der Waals surface area contributed by atoms with Crippen molar-refractivity contribution >= 4 is 61.1 Å². The maximum absolute atomic E-state index is 13.1. The zero-order chi connectivity index (χ0) is 22.1. The number of hydrogen-bond acceptors (Lipinski definition) is 8. The van der Waals surface area contributed by atoms with Crippen LogP contribution in [-0.4, -0.2) is 30.9 Å². The molecule has 5 N–H and O–H groups in total. The van der Waals surface area contributed by atoms with Crippen LogP contribution in [0.3, 0.4) is 0 Å². The van der Waals surface area contributed by atoms with E-state index in [9.17, 15) is 4.79 Å². The van der Waals surface area contributed by atoms with Crippen LogP contribution >= 0.6 is 43.5 Å².